The predicted octanol–water partition coefficient (Wildman–Crippen LogP) is 3.33. The molecular formula is C23H29N3O2. The van der Waals surface area contributed by atoms with E-state index < -0.39 is 5.60 Å². The summed E-state index contributed by atoms with van der Waals surface area (Å²) in [6, 6.07) is 14.7. The summed E-state index contributed by atoms with van der Waals surface area (Å²) in [5.41, 5.74) is 4.09. The molecule has 2 aromatic carbocycles. The van der Waals surface area contributed by atoms with Crippen molar-refractivity contribution in [3.05, 3.63) is 59.2 Å². The van der Waals surface area contributed by atoms with Gasteiger partial charge in [0.15, 0.2) is 5.60 Å². The van der Waals surface area contributed by atoms with Crippen molar-refractivity contribution in [3.8, 4) is 0 Å². The van der Waals surface area contributed by atoms with Gasteiger partial charge in [-0.25, -0.2) is 4.79 Å². The molecule has 148 valence electrons. The van der Waals surface area contributed by atoms with Gasteiger partial charge in [-0.3, -0.25) is 4.90 Å². The molecule has 5 nitrogen and oxygen atoms in total. The highest BCUT2D eigenvalue weighted by Gasteiger charge is 2.54. The normalized spacial score (nSPS) is 24.2. The van der Waals surface area contributed by atoms with E-state index in [1.165, 1.54) is 0 Å². The van der Waals surface area contributed by atoms with Crippen LogP contribution in [0.5, 0.6) is 0 Å². The van der Waals surface area contributed by atoms with Gasteiger partial charge in [0.25, 0.3) is 0 Å². The monoisotopic (exact) mass is 379 g/mol. The second-order valence-corrected chi connectivity index (χ2v) is 8.33. The smallest absolute Gasteiger partial charge is 0.339 e. The first-order chi connectivity index (χ1) is 13.3. The second kappa shape index (κ2) is 6.82. The summed E-state index contributed by atoms with van der Waals surface area (Å²) in [7, 11) is 10.2. The topological polar surface area (TPSA) is 36.0 Å². The van der Waals surface area contributed by atoms with E-state index in [0.717, 1.165) is 41.9 Å². The summed E-state index contributed by atoms with van der Waals surface area (Å²) in [6.07, 6.45) is 2.12. The third-order valence-electron chi connectivity index (χ3n) is 6.20. The van der Waals surface area contributed by atoms with Crippen molar-refractivity contribution >= 4 is 17.3 Å². The fourth-order valence-corrected chi connectivity index (χ4v) is 4.64. The van der Waals surface area contributed by atoms with Gasteiger partial charge >= 0.3 is 5.97 Å². The van der Waals surface area contributed by atoms with Crippen LogP contribution in [-0.2, 0) is 10.3 Å². The fourth-order valence-electron chi connectivity index (χ4n) is 4.64. The average molecular weight is 380 g/mol. The van der Waals surface area contributed by atoms with E-state index in [1.807, 2.05) is 39.2 Å². The van der Waals surface area contributed by atoms with Crippen LogP contribution in [0.25, 0.3) is 0 Å². The average Bonchev–Trinajstić information content (AvgIpc) is 3.23. The van der Waals surface area contributed by atoms with Crippen molar-refractivity contribution in [1.82, 2.24) is 4.90 Å². The number of anilines is 2. The number of rotatable bonds is 4. The third kappa shape index (κ3) is 2.76. The minimum absolute atomic E-state index is 0.133. The van der Waals surface area contributed by atoms with Crippen molar-refractivity contribution in [2.24, 2.45) is 0 Å². The third-order valence-corrected chi connectivity index (χ3v) is 6.20. The number of nitrogens with zero attached hydrogens (tertiary/aromatic N) is 3. The van der Waals surface area contributed by atoms with Crippen LogP contribution in [0, 0.1) is 0 Å². The molecule has 4 rings (SSSR count). The summed E-state index contributed by atoms with van der Waals surface area (Å²) < 4.78 is 6.28. The molecule has 1 fully saturated rings. The zero-order chi connectivity index (χ0) is 20.1. The van der Waals surface area contributed by atoms with E-state index in [4.69, 9.17) is 4.74 Å². The quantitative estimate of drug-likeness (QED) is 0.762. The lowest BCUT2D eigenvalue weighted by atomic mass is 9.78. The van der Waals surface area contributed by atoms with Crippen LogP contribution < -0.4 is 9.80 Å². The first kappa shape index (κ1) is 18.8. The number of ether oxygens (including phenoxy) is 1. The first-order valence-electron chi connectivity index (χ1n) is 9.88. The van der Waals surface area contributed by atoms with Crippen molar-refractivity contribution < 1.29 is 9.53 Å². The number of carbonyl (C=O) groups is 1. The van der Waals surface area contributed by atoms with Gasteiger partial charge in [-0.2, -0.15) is 0 Å². The maximum absolute atomic E-state index is 13.0. The lowest BCUT2D eigenvalue weighted by Gasteiger charge is -2.39. The van der Waals surface area contributed by atoms with E-state index in [9.17, 15) is 4.79 Å². The van der Waals surface area contributed by atoms with E-state index in [2.05, 4.69) is 53.2 Å². The molecule has 0 radical (unpaired) electrons. The fraction of sp³-hybridized carbons (Fsp3) is 0.435. The van der Waals surface area contributed by atoms with Crippen molar-refractivity contribution in [2.45, 2.75) is 24.5 Å². The predicted molar refractivity (Wildman–Crippen MR) is 113 cm³/mol. The molecule has 0 aliphatic carbocycles. The van der Waals surface area contributed by atoms with Crippen LogP contribution in [0.2, 0.25) is 0 Å². The Morgan fingerprint density at radius 2 is 1.64 bits per heavy atom. The van der Waals surface area contributed by atoms with Gasteiger partial charge in [-0.15, -0.1) is 0 Å². The molecule has 0 amide bonds. The van der Waals surface area contributed by atoms with Gasteiger partial charge in [0, 0.05) is 50.7 Å². The number of cyclic esters (lactones) is 1. The van der Waals surface area contributed by atoms with Crippen LogP contribution in [0.1, 0.15) is 34.3 Å². The Morgan fingerprint density at radius 1 is 1.00 bits per heavy atom. The number of hydrogen-bond donors (Lipinski definition) is 0. The number of likely N-dealkylation sites (tertiary alicyclic amines) is 1. The molecular weight excluding hydrogens is 350 g/mol. The molecule has 2 aliphatic heterocycles. The summed E-state index contributed by atoms with van der Waals surface area (Å²) in [6.45, 7) is 1.02. The Labute approximate surface area is 167 Å². The highest BCUT2D eigenvalue weighted by molar-refractivity contribution is 5.96. The molecule has 0 aromatic heterocycles. The highest BCUT2D eigenvalue weighted by atomic mass is 16.6. The van der Waals surface area contributed by atoms with Crippen LogP contribution >= 0.6 is 0 Å². The number of esters is 1. The molecule has 0 spiro atoms. The van der Waals surface area contributed by atoms with Crippen molar-refractivity contribution in [2.75, 3.05) is 51.6 Å². The molecule has 1 saturated heterocycles. The Balaban J connectivity index is 1.90. The van der Waals surface area contributed by atoms with Gasteiger partial charge in [0.1, 0.15) is 0 Å². The van der Waals surface area contributed by atoms with Gasteiger partial charge in [0.05, 0.1) is 11.6 Å². The molecule has 28 heavy (non-hydrogen) atoms. The standard InChI is InChI=1S/C23H29N3O2/c1-24(2)17-10-8-16(9-11-17)23(21-7-6-14-26(21)5)20-13-12-18(25(3)4)15-19(20)22(27)28-23/h8-13,15,21H,6-7,14H2,1-5H3. The summed E-state index contributed by atoms with van der Waals surface area (Å²) in [5, 5.41) is 0. The SMILES string of the molecule is CN(C)c1ccc(C2(C3CCCN3C)OC(=O)c3cc(N(C)C)ccc32)cc1. The Kier molecular flexibility index (Phi) is 4.58. The molecule has 0 N–H and O–H groups in total. The maximum Gasteiger partial charge on any atom is 0.339 e. The molecule has 5 heteroatoms. The molecule has 2 aromatic rings. The molecule has 2 aliphatic rings. The molecule has 2 unspecified atom stereocenters. The zero-order valence-electron chi connectivity index (χ0n) is 17.4. The van der Waals surface area contributed by atoms with Crippen LogP contribution in [0.3, 0.4) is 0 Å². The van der Waals surface area contributed by atoms with Crippen LogP contribution in [0.4, 0.5) is 11.4 Å². The van der Waals surface area contributed by atoms with Gasteiger partial charge in [-0.1, -0.05) is 18.2 Å². The summed E-state index contributed by atoms with van der Waals surface area (Å²) in [5.74, 6) is -0.226. The second-order valence-electron chi connectivity index (χ2n) is 8.33. The van der Waals surface area contributed by atoms with Gasteiger partial charge in [0.2, 0.25) is 0 Å². The number of likely N-dealkylation sites (N-methyl/N-ethyl adjacent to an activating group) is 1. The Morgan fingerprint density at radius 3 is 2.21 bits per heavy atom. The van der Waals surface area contributed by atoms with Crippen LogP contribution in [-0.4, -0.2) is 58.7 Å². The highest BCUT2D eigenvalue weighted by Crippen LogP contribution is 2.49. The van der Waals surface area contributed by atoms with E-state index in [-0.39, 0.29) is 12.0 Å². The molecule has 0 saturated carbocycles. The minimum atomic E-state index is -0.757. The lowest BCUT2D eigenvalue weighted by molar-refractivity contribution is -0.0230. The van der Waals surface area contributed by atoms with Gasteiger partial charge in [-0.05, 0) is 50.7 Å². The van der Waals surface area contributed by atoms with E-state index >= 15 is 0 Å². The summed E-state index contributed by atoms with van der Waals surface area (Å²) in [4.78, 5) is 19.4. The van der Waals surface area contributed by atoms with E-state index in [1.54, 1.807) is 0 Å². The number of fused-ring (bicyclic) bond motifs is 1. The molecule has 2 heterocycles. The maximum atomic E-state index is 13.0. The minimum Gasteiger partial charge on any atom is -0.444 e. The summed E-state index contributed by atoms with van der Waals surface area (Å²) >= 11 is 0. The number of carbonyl (C=O) groups excluding carboxylic acids is 1. The zero-order valence-corrected chi connectivity index (χ0v) is 17.4. The van der Waals surface area contributed by atoms with Crippen molar-refractivity contribution in [3.63, 3.8) is 0 Å². The van der Waals surface area contributed by atoms with E-state index in [0.29, 0.717) is 5.56 Å². The lowest BCUT2D eigenvalue weighted by Crippen LogP contribution is -2.47. The largest absolute Gasteiger partial charge is 0.444 e. The number of benzene rings is 2. The Hall–Kier alpha value is -2.53. The first-order valence-corrected chi connectivity index (χ1v) is 9.88. The van der Waals surface area contributed by atoms with Gasteiger partial charge < -0.3 is 14.5 Å². The molecule has 0 bridgehead atoms. The molecule has 2 atom stereocenters. The Bertz CT molecular complexity index is 891. The van der Waals surface area contributed by atoms with Crippen molar-refractivity contribution in [1.29, 1.82) is 0 Å². The number of hydrogen-bond acceptors (Lipinski definition) is 5. The van der Waals surface area contributed by atoms with Crippen LogP contribution in [0.15, 0.2) is 42.5 Å².